The summed E-state index contributed by atoms with van der Waals surface area (Å²) in [5.41, 5.74) is 3.36. The summed E-state index contributed by atoms with van der Waals surface area (Å²) >= 11 is 5.86. The van der Waals surface area contributed by atoms with E-state index >= 15 is 0 Å². The summed E-state index contributed by atoms with van der Waals surface area (Å²) in [4.78, 5) is 4.67. The van der Waals surface area contributed by atoms with Gasteiger partial charge in [-0.05, 0) is 60.5 Å². The van der Waals surface area contributed by atoms with E-state index in [0.29, 0.717) is 17.6 Å². The van der Waals surface area contributed by atoms with Gasteiger partial charge in [0.1, 0.15) is 11.5 Å². The zero-order chi connectivity index (χ0) is 23.6. The Morgan fingerprint density at radius 2 is 1.82 bits per heavy atom. The van der Waals surface area contributed by atoms with Gasteiger partial charge in [-0.15, -0.1) is 0 Å². The van der Waals surface area contributed by atoms with Crippen LogP contribution in [0, 0.1) is 0 Å². The van der Waals surface area contributed by atoms with Gasteiger partial charge in [0.05, 0.1) is 27.4 Å². The van der Waals surface area contributed by atoms with Crippen molar-refractivity contribution in [2.75, 3.05) is 58.9 Å². The third-order valence-electron chi connectivity index (χ3n) is 5.97. The fourth-order valence-electron chi connectivity index (χ4n) is 3.93. The molecule has 1 aliphatic rings. The van der Waals surface area contributed by atoms with Crippen LogP contribution in [-0.2, 0) is 11.3 Å². The first-order valence-electron chi connectivity index (χ1n) is 11.7. The van der Waals surface area contributed by atoms with Crippen LogP contribution in [0.2, 0.25) is 0 Å². The van der Waals surface area contributed by atoms with Gasteiger partial charge in [0.25, 0.3) is 0 Å². The minimum Gasteiger partial charge on any atom is -0.497 e. The number of hydrogen-bond donors (Lipinski definition) is 1. The van der Waals surface area contributed by atoms with Gasteiger partial charge in [-0.3, -0.25) is 4.90 Å². The quantitative estimate of drug-likeness (QED) is 0.502. The SMILES string of the molecule is COc1ccc(OC)c(CN(CCCN2CCOCC2)C(=S)Nc2ccc(C(C)C)cc2)c1. The van der Waals surface area contributed by atoms with Crippen molar-refractivity contribution < 1.29 is 14.2 Å². The molecule has 33 heavy (non-hydrogen) atoms. The number of methoxy groups -OCH3 is 2. The van der Waals surface area contributed by atoms with E-state index in [1.165, 1.54) is 5.56 Å². The molecular formula is C26H37N3O3S. The topological polar surface area (TPSA) is 46.2 Å². The van der Waals surface area contributed by atoms with Crippen LogP contribution >= 0.6 is 12.2 Å². The van der Waals surface area contributed by atoms with E-state index in [2.05, 4.69) is 53.2 Å². The summed E-state index contributed by atoms with van der Waals surface area (Å²) in [6, 6.07) is 14.4. The Morgan fingerprint density at radius 1 is 1.09 bits per heavy atom. The molecule has 2 aromatic carbocycles. The number of nitrogens with zero attached hydrogens (tertiary/aromatic N) is 2. The normalized spacial score (nSPS) is 14.2. The van der Waals surface area contributed by atoms with Gasteiger partial charge in [-0.2, -0.15) is 0 Å². The van der Waals surface area contributed by atoms with E-state index in [1.807, 2.05) is 18.2 Å². The molecule has 0 amide bonds. The van der Waals surface area contributed by atoms with E-state index in [-0.39, 0.29) is 0 Å². The zero-order valence-electron chi connectivity index (χ0n) is 20.3. The second-order valence-electron chi connectivity index (χ2n) is 8.61. The van der Waals surface area contributed by atoms with Crippen molar-refractivity contribution in [3.05, 3.63) is 53.6 Å². The number of benzene rings is 2. The van der Waals surface area contributed by atoms with E-state index in [4.69, 9.17) is 26.4 Å². The number of rotatable bonds is 10. The maximum absolute atomic E-state index is 5.86. The minimum absolute atomic E-state index is 0.503. The Labute approximate surface area is 203 Å². The highest BCUT2D eigenvalue weighted by Crippen LogP contribution is 2.26. The maximum atomic E-state index is 5.86. The summed E-state index contributed by atoms with van der Waals surface area (Å²) < 4.78 is 16.5. The summed E-state index contributed by atoms with van der Waals surface area (Å²) in [5.74, 6) is 2.14. The van der Waals surface area contributed by atoms with Crippen molar-refractivity contribution in [3.8, 4) is 11.5 Å². The Morgan fingerprint density at radius 3 is 2.45 bits per heavy atom. The van der Waals surface area contributed by atoms with Crippen molar-refractivity contribution in [2.24, 2.45) is 0 Å². The van der Waals surface area contributed by atoms with E-state index in [0.717, 1.165) is 68.6 Å². The van der Waals surface area contributed by atoms with Crippen LogP contribution in [0.3, 0.4) is 0 Å². The second-order valence-corrected chi connectivity index (χ2v) is 9.00. The molecule has 1 heterocycles. The van der Waals surface area contributed by atoms with E-state index < -0.39 is 0 Å². The Balaban J connectivity index is 1.71. The number of ether oxygens (including phenoxy) is 3. The van der Waals surface area contributed by atoms with Crippen molar-refractivity contribution in [1.29, 1.82) is 0 Å². The molecule has 7 heteroatoms. The highest BCUT2D eigenvalue weighted by molar-refractivity contribution is 7.80. The molecule has 1 saturated heterocycles. The average molecular weight is 472 g/mol. The van der Waals surface area contributed by atoms with Crippen LogP contribution in [0.25, 0.3) is 0 Å². The number of thiocarbonyl (C=S) groups is 1. The fraction of sp³-hybridized carbons (Fsp3) is 0.500. The number of hydrogen-bond acceptors (Lipinski definition) is 5. The van der Waals surface area contributed by atoms with Crippen LogP contribution in [0.5, 0.6) is 11.5 Å². The second kappa shape index (κ2) is 12.8. The lowest BCUT2D eigenvalue weighted by molar-refractivity contribution is 0.0367. The van der Waals surface area contributed by atoms with Crippen LogP contribution in [0.4, 0.5) is 5.69 Å². The third-order valence-corrected chi connectivity index (χ3v) is 6.33. The van der Waals surface area contributed by atoms with Crippen LogP contribution in [-0.4, -0.2) is 68.5 Å². The summed E-state index contributed by atoms with van der Waals surface area (Å²) in [5, 5.41) is 4.14. The summed E-state index contributed by atoms with van der Waals surface area (Å²) in [7, 11) is 3.37. The molecule has 0 spiro atoms. The molecule has 0 saturated carbocycles. The predicted octanol–water partition coefficient (Wildman–Crippen LogP) is 4.75. The third kappa shape index (κ3) is 7.59. The molecule has 1 fully saturated rings. The van der Waals surface area contributed by atoms with Gasteiger partial charge < -0.3 is 24.4 Å². The lowest BCUT2D eigenvalue weighted by Gasteiger charge is -2.30. The molecule has 1 aliphatic heterocycles. The molecule has 0 aromatic heterocycles. The van der Waals surface area contributed by atoms with Gasteiger partial charge in [0.2, 0.25) is 0 Å². The Kier molecular flexibility index (Phi) is 9.78. The van der Waals surface area contributed by atoms with Gasteiger partial charge in [0.15, 0.2) is 5.11 Å². The standard InChI is InChI=1S/C26H37N3O3S/c1-20(2)21-6-8-23(9-7-21)27-26(33)29(13-5-12-28-14-16-32-17-15-28)19-22-18-24(30-3)10-11-25(22)31-4/h6-11,18,20H,5,12-17,19H2,1-4H3,(H,27,33). The molecule has 0 radical (unpaired) electrons. The summed E-state index contributed by atoms with van der Waals surface area (Å²) in [6.07, 6.45) is 1.01. The smallest absolute Gasteiger partial charge is 0.173 e. The lowest BCUT2D eigenvalue weighted by Crippen LogP contribution is -2.40. The largest absolute Gasteiger partial charge is 0.497 e. The van der Waals surface area contributed by atoms with Gasteiger partial charge in [0, 0.05) is 44.0 Å². The Hall–Kier alpha value is -2.35. The highest BCUT2D eigenvalue weighted by atomic mass is 32.1. The first kappa shape index (κ1) is 25.3. The number of anilines is 1. The van der Waals surface area contributed by atoms with Crippen LogP contribution in [0.15, 0.2) is 42.5 Å². The Bertz CT molecular complexity index is 883. The van der Waals surface area contributed by atoms with Crippen molar-refractivity contribution in [2.45, 2.75) is 32.7 Å². The zero-order valence-corrected chi connectivity index (χ0v) is 21.1. The van der Waals surface area contributed by atoms with E-state index in [1.54, 1.807) is 14.2 Å². The maximum Gasteiger partial charge on any atom is 0.173 e. The van der Waals surface area contributed by atoms with Crippen LogP contribution in [0.1, 0.15) is 37.3 Å². The molecule has 0 aliphatic carbocycles. The molecule has 0 atom stereocenters. The highest BCUT2D eigenvalue weighted by Gasteiger charge is 2.16. The first-order chi connectivity index (χ1) is 16.0. The van der Waals surface area contributed by atoms with Gasteiger partial charge >= 0.3 is 0 Å². The van der Waals surface area contributed by atoms with Gasteiger partial charge in [-0.1, -0.05) is 26.0 Å². The van der Waals surface area contributed by atoms with Crippen molar-refractivity contribution >= 4 is 23.0 Å². The molecular weight excluding hydrogens is 434 g/mol. The van der Waals surface area contributed by atoms with Crippen molar-refractivity contribution in [1.82, 2.24) is 9.80 Å². The van der Waals surface area contributed by atoms with Crippen molar-refractivity contribution in [3.63, 3.8) is 0 Å². The minimum atomic E-state index is 0.503. The molecule has 180 valence electrons. The fourth-order valence-corrected chi connectivity index (χ4v) is 4.20. The number of morpholine rings is 1. The molecule has 1 N–H and O–H groups in total. The lowest BCUT2D eigenvalue weighted by atomic mass is 10.0. The molecule has 0 bridgehead atoms. The monoisotopic (exact) mass is 471 g/mol. The van der Waals surface area contributed by atoms with E-state index in [9.17, 15) is 0 Å². The summed E-state index contributed by atoms with van der Waals surface area (Å²) in [6.45, 7) is 10.5. The van der Waals surface area contributed by atoms with Crippen LogP contribution < -0.4 is 14.8 Å². The molecule has 2 aromatic rings. The first-order valence-corrected chi connectivity index (χ1v) is 12.1. The molecule has 3 rings (SSSR count). The molecule has 0 unspecified atom stereocenters. The van der Waals surface area contributed by atoms with Gasteiger partial charge in [-0.25, -0.2) is 0 Å². The number of nitrogens with one attached hydrogen (secondary N) is 1. The predicted molar refractivity (Wildman–Crippen MR) is 139 cm³/mol. The average Bonchev–Trinajstić information content (AvgIpc) is 2.84. The molecule has 6 nitrogen and oxygen atoms in total.